The van der Waals surface area contributed by atoms with Crippen LogP contribution in [0.5, 0.6) is 0 Å². The van der Waals surface area contributed by atoms with Crippen LogP contribution < -0.4 is 0 Å². The summed E-state index contributed by atoms with van der Waals surface area (Å²) >= 11 is 0. The molecule has 1 heteroatoms. The Balaban J connectivity index is 2.48. The molecule has 0 radical (unpaired) electrons. The highest BCUT2D eigenvalue weighted by Gasteiger charge is 2.29. The molecule has 0 spiro atoms. The first-order valence-corrected chi connectivity index (χ1v) is 1.97. The second-order valence-corrected chi connectivity index (χ2v) is 1.51. The van der Waals surface area contributed by atoms with Crippen molar-refractivity contribution >= 4 is 0 Å². The average Bonchev–Trinajstić information content (AvgIpc) is 2.19. The summed E-state index contributed by atoms with van der Waals surface area (Å²) in [6.45, 7) is 6.94. The van der Waals surface area contributed by atoms with E-state index in [1.165, 1.54) is 0 Å². The Labute approximate surface area is 37.1 Å². The van der Waals surface area contributed by atoms with Crippen LogP contribution in [0.4, 0.5) is 0 Å². The number of hydrogen-bond donors (Lipinski definition) is 0. The maximum atomic E-state index is 4.88. The molecule has 0 saturated carbocycles. The SMILES string of the molecule is C#[N+]C1=CC1C. The predicted molar refractivity (Wildman–Crippen MR) is 25.6 cm³/mol. The summed E-state index contributed by atoms with van der Waals surface area (Å²) in [4.78, 5) is 3.44. The Morgan fingerprint density at radius 1 is 2.00 bits per heavy atom. The maximum Gasteiger partial charge on any atom is 0.320 e. The molecule has 6 heavy (non-hydrogen) atoms. The van der Waals surface area contributed by atoms with E-state index in [1.54, 1.807) is 0 Å². The molecule has 0 bridgehead atoms. The molecular weight excluding hydrogens is 74.1 g/mol. The third-order valence-electron chi connectivity index (χ3n) is 0.927. The van der Waals surface area contributed by atoms with Gasteiger partial charge in [-0.2, -0.15) is 0 Å². The van der Waals surface area contributed by atoms with E-state index in [-0.39, 0.29) is 0 Å². The van der Waals surface area contributed by atoms with Gasteiger partial charge in [-0.15, -0.1) is 0 Å². The van der Waals surface area contributed by atoms with Crippen molar-refractivity contribution in [2.75, 3.05) is 0 Å². The van der Waals surface area contributed by atoms with Crippen LogP contribution in [0.1, 0.15) is 6.92 Å². The van der Waals surface area contributed by atoms with Crippen LogP contribution >= 0.6 is 0 Å². The van der Waals surface area contributed by atoms with Gasteiger partial charge in [0.2, 0.25) is 0 Å². The Hall–Kier alpha value is -0.770. The van der Waals surface area contributed by atoms with Gasteiger partial charge in [0, 0.05) is 6.08 Å². The summed E-state index contributed by atoms with van der Waals surface area (Å²) in [5, 5.41) is 0. The van der Waals surface area contributed by atoms with Gasteiger partial charge in [0.15, 0.2) is 0 Å². The minimum atomic E-state index is 0.565. The first kappa shape index (κ1) is 3.42. The van der Waals surface area contributed by atoms with E-state index in [9.17, 15) is 0 Å². The molecule has 1 rings (SSSR count). The normalized spacial score (nSPS) is 28.0. The fourth-order valence-electron chi connectivity index (χ4n) is 0.369. The lowest BCUT2D eigenvalue weighted by Gasteiger charge is -1.57. The Bertz CT molecular complexity index is 127. The topological polar surface area (TPSA) is 4.36 Å². The van der Waals surface area contributed by atoms with Gasteiger partial charge in [0.25, 0.3) is 6.57 Å². The molecule has 1 aliphatic rings. The molecule has 0 amide bonds. The van der Waals surface area contributed by atoms with Gasteiger partial charge in [-0.25, -0.2) is 0 Å². The van der Waals surface area contributed by atoms with Crippen molar-refractivity contribution in [3.05, 3.63) is 16.6 Å². The summed E-state index contributed by atoms with van der Waals surface area (Å²) in [6, 6.07) is 0. The van der Waals surface area contributed by atoms with E-state index in [2.05, 4.69) is 11.8 Å². The highest BCUT2D eigenvalue weighted by Crippen LogP contribution is 2.27. The van der Waals surface area contributed by atoms with Crippen molar-refractivity contribution in [3.8, 4) is 6.57 Å². The molecule has 0 saturated heterocycles. The van der Waals surface area contributed by atoms with Crippen molar-refractivity contribution < 1.29 is 0 Å². The van der Waals surface area contributed by atoms with E-state index < -0.39 is 0 Å². The summed E-state index contributed by atoms with van der Waals surface area (Å²) in [5.74, 6) is 0.565. The van der Waals surface area contributed by atoms with Crippen LogP contribution in [0.15, 0.2) is 11.8 Å². The minimum absolute atomic E-state index is 0.565. The quantitative estimate of drug-likeness (QED) is 0.415. The standard InChI is InChI=1S/C5H6N/c1-4-3-5(4)6-2/h2-4H,1H3/q+1. The van der Waals surface area contributed by atoms with E-state index in [0.717, 1.165) is 5.70 Å². The van der Waals surface area contributed by atoms with E-state index in [0.29, 0.717) is 5.92 Å². The largest absolute Gasteiger partial charge is 0.320 e. The molecule has 0 fully saturated rings. The van der Waals surface area contributed by atoms with E-state index in [1.807, 2.05) is 6.08 Å². The van der Waals surface area contributed by atoms with Crippen LogP contribution in [0.3, 0.4) is 0 Å². The van der Waals surface area contributed by atoms with Crippen molar-refractivity contribution in [2.24, 2.45) is 5.92 Å². The molecule has 0 aromatic heterocycles. The van der Waals surface area contributed by atoms with Crippen molar-refractivity contribution in [2.45, 2.75) is 6.92 Å². The van der Waals surface area contributed by atoms with Gasteiger partial charge in [-0.05, 0) is 11.8 Å². The Morgan fingerprint density at radius 2 is 2.50 bits per heavy atom. The Morgan fingerprint density at radius 3 is 2.50 bits per heavy atom. The number of rotatable bonds is 0. The van der Waals surface area contributed by atoms with Crippen LogP contribution in [0, 0.1) is 12.5 Å². The molecule has 1 aliphatic carbocycles. The maximum absolute atomic E-state index is 4.88. The monoisotopic (exact) mass is 80.0 g/mol. The highest BCUT2D eigenvalue weighted by atomic mass is 14.7. The summed E-state index contributed by atoms with van der Waals surface area (Å²) in [5.41, 5.74) is 1.04. The molecule has 0 aromatic rings. The summed E-state index contributed by atoms with van der Waals surface area (Å²) in [7, 11) is 0. The number of nitrogens with zero attached hydrogens (tertiary/aromatic N) is 1. The minimum Gasteiger partial charge on any atom is -0.0474 e. The van der Waals surface area contributed by atoms with E-state index >= 15 is 0 Å². The zero-order valence-electron chi connectivity index (χ0n) is 3.68. The third kappa shape index (κ3) is 0.307. The van der Waals surface area contributed by atoms with Gasteiger partial charge in [0.05, 0.1) is 5.92 Å². The van der Waals surface area contributed by atoms with Crippen LogP contribution in [0.25, 0.3) is 4.85 Å². The molecule has 30 valence electrons. The fraction of sp³-hybridized carbons (Fsp3) is 0.400. The van der Waals surface area contributed by atoms with Crippen LogP contribution in [-0.4, -0.2) is 0 Å². The van der Waals surface area contributed by atoms with Gasteiger partial charge in [-0.3, -0.25) is 0 Å². The highest BCUT2D eigenvalue weighted by molar-refractivity contribution is 5.33. The van der Waals surface area contributed by atoms with Gasteiger partial charge < -0.3 is 0 Å². The second kappa shape index (κ2) is 0.844. The lowest BCUT2D eigenvalue weighted by Crippen LogP contribution is -1.58. The Kier molecular flexibility index (Phi) is 0.481. The first-order chi connectivity index (χ1) is 2.84. The van der Waals surface area contributed by atoms with E-state index in [4.69, 9.17) is 6.57 Å². The third-order valence-corrected chi connectivity index (χ3v) is 0.927. The lowest BCUT2D eigenvalue weighted by atomic mass is 10.4. The fourth-order valence-corrected chi connectivity index (χ4v) is 0.369. The van der Waals surface area contributed by atoms with Gasteiger partial charge >= 0.3 is 5.70 Å². The molecule has 0 heterocycles. The van der Waals surface area contributed by atoms with Crippen LogP contribution in [-0.2, 0) is 0 Å². The summed E-state index contributed by atoms with van der Waals surface area (Å²) in [6.07, 6.45) is 2.01. The molecule has 1 unspecified atom stereocenters. The average molecular weight is 80.1 g/mol. The first-order valence-electron chi connectivity index (χ1n) is 1.97. The molecule has 0 aromatic carbocycles. The zero-order valence-corrected chi connectivity index (χ0v) is 3.68. The number of allylic oxidation sites excluding steroid dienone is 2. The molecule has 0 aliphatic heterocycles. The summed E-state index contributed by atoms with van der Waals surface area (Å²) < 4.78 is 0. The molecule has 0 N–H and O–H groups in total. The smallest absolute Gasteiger partial charge is 0.0474 e. The second-order valence-electron chi connectivity index (χ2n) is 1.51. The molecular formula is C5H6N+. The molecule has 1 nitrogen and oxygen atoms in total. The lowest BCUT2D eigenvalue weighted by molar-refractivity contribution is 1.05. The zero-order chi connectivity index (χ0) is 4.57. The predicted octanol–water partition coefficient (Wildman–Crippen LogP) is 1.48. The number of hydrogen-bond acceptors (Lipinski definition) is 0. The van der Waals surface area contributed by atoms with Crippen molar-refractivity contribution in [3.63, 3.8) is 0 Å². The van der Waals surface area contributed by atoms with Crippen LogP contribution in [0.2, 0.25) is 0 Å². The van der Waals surface area contributed by atoms with Crippen molar-refractivity contribution in [1.29, 1.82) is 0 Å². The van der Waals surface area contributed by atoms with Gasteiger partial charge in [0.1, 0.15) is 0 Å². The van der Waals surface area contributed by atoms with Crippen molar-refractivity contribution in [1.82, 2.24) is 0 Å². The molecule has 1 atom stereocenters. The van der Waals surface area contributed by atoms with Gasteiger partial charge in [-0.1, -0.05) is 0 Å².